The van der Waals surface area contributed by atoms with Crippen molar-refractivity contribution in [2.45, 2.75) is 0 Å². The molecular formula is C9H9NW. The first-order valence-corrected chi connectivity index (χ1v) is 4.97. The predicted molar refractivity (Wildman–Crippen MR) is 43.5 cm³/mol. The normalized spacial score (nSPS) is 9.18. The summed E-state index contributed by atoms with van der Waals surface area (Å²) in [5.41, 5.74) is 2.27. The summed E-state index contributed by atoms with van der Waals surface area (Å²) in [6, 6.07) is 8.07. The first-order chi connectivity index (χ1) is 5.25. The van der Waals surface area contributed by atoms with Gasteiger partial charge in [0.05, 0.1) is 0 Å². The molecule has 0 aliphatic carbocycles. The molecule has 0 bridgehead atoms. The van der Waals surface area contributed by atoms with Crippen LogP contribution in [0.15, 0.2) is 24.3 Å². The van der Waals surface area contributed by atoms with Gasteiger partial charge in [0, 0.05) is 0 Å². The van der Waals surface area contributed by atoms with E-state index in [1.807, 2.05) is 25.2 Å². The van der Waals surface area contributed by atoms with Gasteiger partial charge in [0.25, 0.3) is 0 Å². The summed E-state index contributed by atoms with van der Waals surface area (Å²) in [4.78, 5) is 0. The van der Waals surface area contributed by atoms with E-state index >= 15 is 0 Å². The second-order valence-electron chi connectivity index (χ2n) is 2.29. The molecule has 1 aromatic carbocycles. The van der Waals surface area contributed by atoms with Gasteiger partial charge in [-0.15, -0.1) is 0 Å². The Kier molecular flexibility index (Phi) is 2.90. The molecule has 0 spiro atoms. The molecule has 0 aliphatic rings. The molecule has 0 heterocycles. The molecule has 2 heteroatoms. The number of rotatable bonds is 2. The minimum absolute atomic E-state index is 1.07. The number of benzene rings is 1. The van der Waals surface area contributed by atoms with Crippen molar-refractivity contribution in [1.82, 2.24) is 0 Å². The van der Waals surface area contributed by atoms with E-state index in [0.29, 0.717) is 0 Å². The van der Waals surface area contributed by atoms with Crippen LogP contribution in [0.25, 0.3) is 0 Å². The maximum atomic E-state index is 5.61. The molecule has 0 aliphatic heterocycles. The monoisotopic (exact) mass is 315 g/mol. The first kappa shape index (κ1) is 8.54. The Labute approximate surface area is 77.8 Å². The van der Waals surface area contributed by atoms with E-state index in [4.69, 9.17) is 6.72 Å². The number of para-hydroxylation sites is 1. The van der Waals surface area contributed by atoms with Gasteiger partial charge in [-0.05, 0) is 0 Å². The summed E-state index contributed by atoms with van der Waals surface area (Å²) < 4.78 is 3.76. The van der Waals surface area contributed by atoms with E-state index in [-0.39, 0.29) is 0 Å². The zero-order valence-corrected chi connectivity index (χ0v) is 9.25. The molecule has 0 radical (unpaired) electrons. The Bertz CT molecular complexity index is 291. The quantitative estimate of drug-likeness (QED) is 0.439. The zero-order chi connectivity index (χ0) is 8.27. The second kappa shape index (κ2) is 3.73. The Morgan fingerprint density at radius 1 is 1.45 bits per heavy atom. The van der Waals surface area contributed by atoms with Gasteiger partial charge < -0.3 is 0 Å². The van der Waals surface area contributed by atoms with E-state index in [0.717, 1.165) is 5.69 Å². The van der Waals surface area contributed by atoms with Crippen LogP contribution >= 0.6 is 0 Å². The topological polar surface area (TPSA) is 3.01 Å². The van der Waals surface area contributed by atoms with Gasteiger partial charge >= 0.3 is 77.6 Å². The molecule has 11 heavy (non-hydrogen) atoms. The summed E-state index contributed by atoms with van der Waals surface area (Å²) >= 11 is 1.44. The molecule has 0 saturated heterocycles. The molecule has 0 amide bonds. The van der Waals surface area contributed by atoms with E-state index in [2.05, 4.69) is 10.5 Å². The van der Waals surface area contributed by atoms with Gasteiger partial charge in [-0.2, -0.15) is 0 Å². The van der Waals surface area contributed by atoms with Crippen molar-refractivity contribution in [2.75, 3.05) is 7.05 Å². The summed E-state index contributed by atoms with van der Waals surface area (Å²) in [7, 11) is 1.84. The van der Waals surface area contributed by atoms with Crippen LogP contribution in [0.2, 0.25) is 0 Å². The second-order valence-corrected chi connectivity index (χ2v) is 3.13. The van der Waals surface area contributed by atoms with Crippen molar-refractivity contribution in [3.05, 3.63) is 29.8 Å². The van der Waals surface area contributed by atoms with Gasteiger partial charge in [-0.3, -0.25) is 0 Å². The van der Waals surface area contributed by atoms with Crippen LogP contribution in [-0.2, 0) is 19.4 Å². The SMILES string of the molecule is [CH-]=[N+](C)c1ccccc1[CH]=[W]. The summed E-state index contributed by atoms with van der Waals surface area (Å²) in [5, 5.41) is 0. The number of hydrogen-bond acceptors (Lipinski definition) is 0. The van der Waals surface area contributed by atoms with Crippen molar-refractivity contribution < 1.29 is 23.9 Å². The van der Waals surface area contributed by atoms with Crippen LogP contribution in [0.4, 0.5) is 5.69 Å². The number of nitrogens with zero attached hydrogens (tertiary/aromatic N) is 1. The standard InChI is InChI=1S/C9H9N.W/c1-8-6-4-5-7-9(8)10(2)3;/h1-2,4-7H,3H3;. The van der Waals surface area contributed by atoms with Crippen LogP contribution in [0.1, 0.15) is 5.56 Å². The molecule has 0 N–H and O–H groups in total. The van der Waals surface area contributed by atoms with Gasteiger partial charge in [0.1, 0.15) is 0 Å². The van der Waals surface area contributed by atoms with Crippen LogP contribution in [-0.4, -0.2) is 22.7 Å². The molecular weight excluding hydrogens is 306 g/mol. The minimum atomic E-state index is 1.07. The van der Waals surface area contributed by atoms with Crippen molar-refractivity contribution in [1.29, 1.82) is 0 Å². The maximum absolute atomic E-state index is 5.61. The third kappa shape index (κ3) is 1.94. The third-order valence-corrected chi connectivity index (χ3v) is 2.36. The van der Waals surface area contributed by atoms with Crippen molar-refractivity contribution in [3.8, 4) is 0 Å². The van der Waals surface area contributed by atoms with Crippen LogP contribution in [0, 0.1) is 0 Å². The molecule has 56 valence electrons. The molecule has 0 fully saturated rings. The first-order valence-electron chi connectivity index (χ1n) is 3.28. The average molecular weight is 315 g/mol. The summed E-state index contributed by atoms with van der Waals surface area (Å²) in [5.74, 6) is 0. The van der Waals surface area contributed by atoms with Gasteiger partial charge in [0.15, 0.2) is 0 Å². The Morgan fingerprint density at radius 2 is 2.09 bits per heavy atom. The number of hydrogen-bond donors (Lipinski definition) is 0. The molecule has 0 atom stereocenters. The molecule has 0 aromatic heterocycles. The zero-order valence-electron chi connectivity index (χ0n) is 6.32. The van der Waals surface area contributed by atoms with Crippen LogP contribution in [0.3, 0.4) is 0 Å². The summed E-state index contributed by atoms with van der Waals surface area (Å²) in [6.07, 6.45) is 0. The summed E-state index contributed by atoms with van der Waals surface area (Å²) in [6.45, 7) is 5.61. The molecule has 1 nitrogen and oxygen atoms in total. The molecule has 1 rings (SSSR count). The Balaban J connectivity index is 3.22. The van der Waals surface area contributed by atoms with Crippen molar-refractivity contribution in [3.63, 3.8) is 0 Å². The fourth-order valence-corrected chi connectivity index (χ4v) is 1.62. The fourth-order valence-electron chi connectivity index (χ4n) is 0.908. The van der Waals surface area contributed by atoms with Crippen molar-refractivity contribution >= 4 is 16.8 Å². The average Bonchev–Trinajstić information content (AvgIpc) is 2.04. The van der Waals surface area contributed by atoms with Crippen molar-refractivity contribution in [2.24, 2.45) is 0 Å². The molecule has 0 unspecified atom stereocenters. The van der Waals surface area contributed by atoms with Gasteiger partial charge in [0.2, 0.25) is 0 Å². The van der Waals surface area contributed by atoms with E-state index in [1.165, 1.54) is 24.9 Å². The fraction of sp³-hybridized carbons (Fsp3) is 0.111. The third-order valence-electron chi connectivity index (χ3n) is 1.44. The van der Waals surface area contributed by atoms with Gasteiger partial charge in [-0.1, -0.05) is 0 Å². The van der Waals surface area contributed by atoms with Crippen LogP contribution < -0.4 is 0 Å². The predicted octanol–water partition coefficient (Wildman–Crippen LogP) is 1.24. The molecule has 1 aromatic rings. The van der Waals surface area contributed by atoms with E-state index in [9.17, 15) is 0 Å². The Morgan fingerprint density at radius 3 is 2.55 bits per heavy atom. The van der Waals surface area contributed by atoms with E-state index < -0.39 is 0 Å². The van der Waals surface area contributed by atoms with Crippen LogP contribution in [0.5, 0.6) is 0 Å². The van der Waals surface area contributed by atoms with Gasteiger partial charge in [-0.25, -0.2) is 0 Å². The van der Waals surface area contributed by atoms with E-state index in [1.54, 1.807) is 4.58 Å². The molecule has 0 saturated carbocycles. The Hall–Kier alpha value is -0.552.